The molecule has 1 saturated heterocycles. The summed E-state index contributed by atoms with van der Waals surface area (Å²) in [5.74, 6) is -0.00324. The summed E-state index contributed by atoms with van der Waals surface area (Å²) >= 11 is 1.91. The van der Waals surface area contributed by atoms with Gasteiger partial charge in [0.2, 0.25) is 5.91 Å². The molecule has 3 unspecified atom stereocenters. The number of carbonyl (C=O) groups is 1. The summed E-state index contributed by atoms with van der Waals surface area (Å²) in [6.45, 7) is 9.45. The molecule has 0 aliphatic carbocycles. The van der Waals surface area contributed by atoms with Crippen molar-refractivity contribution in [3.8, 4) is 6.07 Å². The molecular formula is C12H20N2OS. The molecule has 0 N–H and O–H groups in total. The normalized spacial score (nSPS) is 29.3. The first kappa shape index (κ1) is 13.4. The van der Waals surface area contributed by atoms with Crippen LogP contribution in [0, 0.1) is 16.7 Å². The molecule has 3 nitrogen and oxygen atoms in total. The van der Waals surface area contributed by atoms with Gasteiger partial charge in [-0.25, -0.2) is 0 Å². The van der Waals surface area contributed by atoms with Gasteiger partial charge < -0.3 is 4.90 Å². The van der Waals surface area contributed by atoms with E-state index in [1.54, 1.807) is 6.92 Å². The van der Waals surface area contributed by atoms with Crippen molar-refractivity contribution in [1.82, 2.24) is 4.90 Å². The molecule has 1 heterocycles. The molecule has 1 aliphatic rings. The highest BCUT2D eigenvalue weighted by atomic mass is 32.2. The monoisotopic (exact) mass is 240 g/mol. The van der Waals surface area contributed by atoms with Gasteiger partial charge in [-0.1, -0.05) is 20.8 Å². The average molecular weight is 240 g/mol. The van der Waals surface area contributed by atoms with Crippen molar-refractivity contribution in [2.24, 2.45) is 5.41 Å². The zero-order chi connectivity index (χ0) is 12.3. The number of thioether (sulfide) groups is 1. The van der Waals surface area contributed by atoms with E-state index in [4.69, 9.17) is 5.26 Å². The summed E-state index contributed by atoms with van der Waals surface area (Å²) in [5.41, 5.74) is -0.846. The van der Waals surface area contributed by atoms with E-state index < -0.39 is 5.41 Å². The second-order valence-electron chi connectivity index (χ2n) is 4.76. The highest BCUT2D eigenvalue weighted by Gasteiger charge is 2.37. The first-order valence-corrected chi connectivity index (χ1v) is 6.73. The average Bonchev–Trinajstić information content (AvgIpc) is 2.25. The Bertz CT molecular complexity index is 303. The summed E-state index contributed by atoms with van der Waals surface area (Å²) in [4.78, 5) is 14.1. The van der Waals surface area contributed by atoms with Gasteiger partial charge in [-0.15, -0.1) is 0 Å². The van der Waals surface area contributed by atoms with E-state index in [9.17, 15) is 4.79 Å². The third kappa shape index (κ3) is 2.70. The van der Waals surface area contributed by atoms with Gasteiger partial charge in [0, 0.05) is 23.6 Å². The van der Waals surface area contributed by atoms with Crippen LogP contribution in [0.15, 0.2) is 0 Å². The van der Waals surface area contributed by atoms with Crippen molar-refractivity contribution in [3.63, 3.8) is 0 Å². The van der Waals surface area contributed by atoms with Gasteiger partial charge >= 0.3 is 0 Å². The molecule has 1 fully saturated rings. The van der Waals surface area contributed by atoms with Crippen LogP contribution in [-0.2, 0) is 4.79 Å². The van der Waals surface area contributed by atoms with Crippen LogP contribution in [0.5, 0.6) is 0 Å². The lowest BCUT2D eigenvalue weighted by atomic mass is 9.87. The Kier molecular flexibility index (Phi) is 4.26. The van der Waals surface area contributed by atoms with Gasteiger partial charge in [0.25, 0.3) is 0 Å². The van der Waals surface area contributed by atoms with Crippen LogP contribution in [-0.4, -0.2) is 34.4 Å². The van der Waals surface area contributed by atoms with Crippen molar-refractivity contribution in [1.29, 1.82) is 5.26 Å². The highest BCUT2D eigenvalue weighted by molar-refractivity contribution is 8.00. The highest BCUT2D eigenvalue weighted by Crippen LogP contribution is 2.29. The summed E-state index contributed by atoms with van der Waals surface area (Å²) in [5, 5.41) is 10.0. The zero-order valence-electron chi connectivity index (χ0n) is 10.5. The molecule has 0 spiro atoms. The van der Waals surface area contributed by atoms with Gasteiger partial charge in [-0.3, -0.25) is 4.79 Å². The predicted octanol–water partition coefficient (Wildman–Crippen LogP) is 2.28. The van der Waals surface area contributed by atoms with Crippen LogP contribution >= 0.6 is 11.8 Å². The molecule has 1 aliphatic heterocycles. The van der Waals surface area contributed by atoms with E-state index in [0.717, 1.165) is 13.1 Å². The Morgan fingerprint density at radius 1 is 1.50 bits per heavy atom. The first-order valence-electron chi connectivity index (χ1n) is 5.79. The van der Waals surface area contributed by atoms with Crippen molar-refractivity contribution >= 4 is 17.7 Å². The lowest BCUT2D eigenvalue weighted by molar-refractivity contribution is -0.138. The molecule has 0 aromatic carbocycles. The maximum Gasteiger partial charge on any atom is 0.242 e. The number of amides is 1. The summed E-state index contributed by atoms with van der Waals surface area (Å²) in [6.07, 6.45) is 0.578. The van der Waals surface area contributed by atoms with Crippen molar-refractivity contribution in [2.75, 3.05) is 13.1 Å². The van der Waals surface area contributed by atoms with Gasteiger partial charge in [-0.05, 0) is 13.3 Å². The summed E-state index contributed by atoms with van der Waals surface area (Å²) < 4.78 is 0. The molecule has 0 aromatic heterocycles. The molecule has 0 bridgehead atoms. The molecule has 3 atom stereocenters. The fraction of sp³-hybridized carbons (Fsp3) is 0.833. The van der Waals surface area contributed by atoms with Crippen molar-refractivity contribution < 1.29 is 4.79 Å². The minimum absolute atomic E-state index is 0.00324. The largest absolute Gasteiger partial charge is 0.339 e. The lowest BCUT2D eigenvalue weighted by Gasteiger charge is -2.37. The molecule has 4 heteroatoms. The summed E-state index contributed by atoms with van der Waals surface area (Å²) in [6, 6.07) is 2.16. The Morgan fingerprint density at radius 3 is 2.38 bits per heavy atom. The minimum Gasteiger partial charge on any atom is -0.339 e. The Labute approximate surface area is 102 Å². The quantitative estimate of drug-likeness (QED) is 0.744. The molecule has 90 valence electrons. The third-order valence-corrected chi connectivity index (χ3v) is 4.36. The predicted molar refractivity (Wildman–Crippen MR) is 67.1 cm³/mol. The van der Waals surface area contributed by atoms with Gasteiger partial charge in [0.15, 0.2) is 0 Å². The van der Waals surface area contributed by atoms with Gasteiger partial charge in [0.1, 0.15) is 5.41 Å². The Hall–Kier alpha value is -0.690. The lowest BCUT2D eigenvalue weighted by Crippen LogP contribution is -2.49. The third-order valence-electron chi connectivity index (χ3n) is 3.13. The van der Waals surface area contributed by atoms with Crippen LogP contribution < -0.4 is 0 Å². The summed E-state index contributed by atoms with van der Waals surface area (Å²) in [7, 11) is 0. The molecule has 0 radical (unpaired) electrons. The van der Waals surface area contributed by atoms with Crippen molar-refractivity contribution in [3.05, 3.63) is 0 Å². The zero-order valence-corrected chi connectivity index (χ0v) is 11.3. The molecule has 16 heavy (non-hydrogen) atoms. The number of rotatable bonds is 2. The molecule has 1 amide bonds. The van der Waals surface area contributed by atoms with Crippen LogP contribution in [0.25, 0.3) is 0 Å². The molecule has 0 saturated carbocycles. The number of hydrogen-bond donors (Lipinski definition) is 0. The van der Waals surface area contributed by atoms with E-state index in [1.807, 2.05) is 23.6 Å². The number of nitriles is 1. The van der Waals surface area contributed by atoms with E-state index in [2.05, 4.69) is 19.9 Å². The smallest absolute Gasteiger partial charge is 0.242 e. The van der Waals surface area contributed by atoms with E-state index in [-0.39, 0.29) is 5.91 Å². The van der Waals surface area contributed by atoms with Gasteiger partial charge in [-0.2, -0.15) is 17.0 Å². The van der Waals surface area contributed by atoms with Gasteiger partial charge in [0.05, 0.1) is 6.07 Å². The Balaban J connectivity index is 2.78. The van der Waals surface area contributed by atoms with E-state index >= 15 is 0 Å². The second-order valence-corrected chi connectivity index (χ2v) is 6.65. The van der Waals surface area contributed by atoms with Crippen LogP contribution in [0.3, 0.4) is 0 Å². The first-order chi connectivity index (χ1) is 7.42. The maximum atomic E-state index is 12.3. The molecular weight excluding hydrogens is 220 g/mol. The second kappa shape index (κ2) is 5.09. The number of hydrogen-bond acceptors (Lipinski definition) is 3. The topological polar surface area (TPSA) is 44.1 Å². The van der Waals surface area contributed by atoms with E-state index in [1.165, 1.54) is 0 Å². The molecule has 1 rings (SSSR count). The fourth-order valence-electron chi connectivity index (χ4n) is 1.97. The fourth-order valence-corrected chi connectivity index (χ4v) is 3.30. The van der Waals surface area contributed by atoms with Crippen LogP contribution in [0.1, 0.15) is 34.1 Å². The van der Waals surface area contributed by atoms with Crippen LogP contribution in [0.2, 0.25) is 0 Å². The van der Waals surface area contributed by atoms with Crippen LogP contribution in [0.4, 0.5) is 0 Å². The van der Waals surface area contributed by atoms with Crippen molar-refractivity contribution in [2.45, 2.75) is 44.6 Å². The Morgan fingerprint density at radius 2 is 2.00 bits per heavy atom. The standard InChI is InChI=1S/C12H20N2OS/c1-5-12(4,8-13)11(15)14-6-9(2)16-10(3)7-14/h9-10H,5-7H2,1-4H3. The van der Waals surface area contributed by atoms with E-state index in [0.29, 0.717) is 16.9 Å². The number of nitrogens with zero attached hydrogens (tertiary/aromatic N) is 2. The number of carbonyl (C=O) groups excluding carboxylic acids is 1. The maximum absolute atomic E-state index is 12.3. The SMILES string of the molecule is CCC(C)(C#N)C(=O)N1CC(C)SC(C)C1. The molecule has 0 aromatic rings. The minimum atomic E-state index is -0.846.